The van der Waals surface area contributed by atoms with Crippen molar-refractivity contribution in [1.29, 1.82) is 0 Å². The van der Waals surface area contributed by atoms with E-state index in [9.17, 15) is 33.6 Å². The quantitative estimate of drug-likeness (QED) is 0.148. The summed E-state index contributed by atoms with van der Waals surface area (Å²) >= 11 is 0. The highest BCUT2D eigenvalue weighted by atomic mass is 16.8. The lowest BCUT2D eigenvalue weighted by Crippen LogP contribution is -2.65. The van der Waals surface area contributed by atoms with Gasteiger partial charge in [0.2, 0.25) is 6.29 Å². The third kappa shape index (κ3) is 9.81. The van der Waals surface area contributed by atoms with Crippen molar-refractivity contribution in [3.63, 3.8) is 0 Å². The average molecular weight is 638 g/mol. The summed E-state index contributed by atoms with van der Waals surface area (Å²) in [5.41, 5.74) is 0. The molecule has 2 heterocycles. The van der Waals surface area contributed by atoms with Crippen LogP contribution in [0.5, 0.6) is 0 Å². The molecule has 0 aromatic heterocycles. The van der Waals surface area contributed by atoms with E-state index in [1.165, 1.54) is 0 Å². The Hall–Kier alpha value is -3.91. The van der Waals surface area contributed by atoms with Gasteiger partial charge in [-0.2, -0.15) is 0 Å². The first-order chi connectivity index (χ1) is 20.6. The predicted octanol–water partition coefficient (Wildman–Crippen LogP) is -1.89. The second-order valence-corrected chi connectivity index (χ2v) is 9.40. The first kappa shape index (κ1) is 36.3. The third-order valence-corrected chi connectivity index (χ3v) is 5.89. The normalized spacial score (nSPS) is 31.5. The summed E-state index contributed by atoms with van der Waals surface area (Å²) < 4.78 is 53.5. The molecule has 2 N–H and O–H groups in total. The number of carbonyl (C=O) groups excluding carboxylic acids is 7. The number of carbonyl (C=O) groups is 7. The van der Waals surface area contributed by atoms with Crippen LogP contribution in [0.3, 0.4) is 0 Å². The Labute approximate surface area is 250 Å². The highest BCUT2D eigenvalue weighted by Crippen LogP contribution is 2.33. The molecule has 2 rings (SSSR count). The van der Waals surface area contributed by atoms with Gasteiger partial charge in [-0.1, -0.05) is 0 Å². The molecule has 2 aliphatic rings. The van der Waals surface area contributed by atoms with E-state index < -0.39 is 110 Å². The van der Waals surface area contributed by atoms with Crippen molar-refractivity contribution in [2.75, 3.05) is 13.7 Å². The molecule has 44 heavy (non-hydrogen) atoms. The van der Waals surface area contributed by atoms with E-state index in [-0.39, 0.29) is 0 Å². The van der Waals surface area contributed by atoms with Gasteiger partial charge in [-0.05, 0) is 0 Å². The molecule has 0 aromatic rings. The molecule has 0 aromatic carbocycles. The van der Waals surface area contributed by atoms with Crippen LogP contribution in [-0.4, -0.2) is 117 Å². The van der Waals surface area contributed by atoms with Crippen LogP contribution in [-0.2, 0) is 85.8 Å². The summed E-state index contributed by atoms with van der Waals surface area (Å²) in [5.74, 6) is -1.05. The lowest BCUT2D eigenvalue weighted by atomic mass is 9.97. The fourth-order valence-corrected chi connectivity index (χ4v) is 4.50. The van der Waals surface area contributed by atoms with Crippen LogP contribution in [0.2, 0.25) is 0 Å². The number of ether oxygens (including phenoxy) is 10. The van der Waals surface area contributed by atoms with Crippen molar-refractivity contribution in [3.05, 3.63) is 0 Å². The molecular formula is C25H35NO18. The summed E-state index contributed by atoms with van der Waals surface area (Å²) in [6.45, 7) is 5.49. The molecule has 0 bridgehead atoms. The molecule has 10 atom stereocenters. The van der Waals surface area contributed by atoms with E-state index >= 15 is 0 Å². The van der Waals surface area contributed by atoms with Gasteiger partial charge in [0.25, 0.3) is 0 Å². The smallest absolute Gasteiger partial charge is 0.339 e. The Kier molecular flexibility index (Phi) is 13.4. The van der Waals surface area contributed by atoms with Crippen molar-refractivity contribution in [3.8, 4) is 0 Å². The van der Waals surface area contributed by atoms with Crippen LogP contribution in [0, 0.1) is 0 Å². The Morgan fingerprint density at radius 2 is 0.932 bits per heavy atom. The van der Waals surface area contributed by atoms with Gasteiger partial charge in [-0.25, -0.2) is 10.7 Å². The molecule has 19 heteroatoms. The van der Waals surface area contributed by atoms with E-state index in [4.69, 9.17) is 58.1 Å². The van der Waals surface area contributed by atoms with E-state index in [1.807, 2.05) is 0 Å². The molecule has 2 aliphatic heterocycles. The summed E-state index contributed by atoms with van der Waals surface area (Å²) in [4.78, 5) is 89.1. The Bertz CT molecular complexity index is 1090. The van der Waals surface area contributed by atoms with Crippen LogP contribution in [0.15, 0.2) is 0 Å². The van der Waals surface area contributed by atoms with Crippen LogP contribution in [0.4, 0.5) is 0 Å². The van der Waals surface area contributed by atoms with Crippen molar-refractivity contribution >= 4 is 41.8 Å². The number of rotatable bonds is 11. The van der Waals surface area contributed by atoms with Crippen LogP contribution >= 0.6 is 0 Å². The zero-order chi connectivity index (χ0) is 33.3. The molecule has 0 saturated carbocycles. The van der Waals surface area contributed by atoms with Gasteiger partial charge in [-0.15, -0.1) is 0 Å². The number of esters is 7. The van der Waals surface area contributed by atoms with Gasteiger partial charge in [-0.3, -0.25) is 33.6 Å². The number of nitrogens with two attached hydrogens (primary N) is 1. The molecule has 19 nitrogen and oxygen atoms in total. The molecule has 0 spiro atoms. The van der Waals surface area contributed by atoms with Gasteiger partial charge in [0.15, 0.2) is 49.0 Å². The first-order valence-electron chi connectivity index (χ1n) is 13.0. The second kappa shape index (κ2) is 16.2. The second-order valence-electron chi connectivity index (χ2n) is 9.40. The fraction of sp³-hybridized carbons (Fsp3) is 0.720. The Morgan fingerprint density at radius 1 is 0.545 bits per heavy atom. The maximum absolute atomic E-state index is 12.7. The van der Waals surface area contributed by atoms with E-state index in [0.29, 0.717) is 0 Å². The Balaban J connectivity index is 2.52. The summed E-state index contributed by atoms with van der Waals surface area (Å²) in [5, 5.41) is 0. The standard InChI is InChI=1S/C25H35NO18/c1-9(27)36-16-15(42-25(44-26)22(41-14(6)32)17(16)37-10(2)28)8-35-24-21(40-13(5)31)19(39-12(4)30)18(38-11(3)29)20(43-24)23(33)34-7/h15-22,24-25H,8,26H2,1-7H3/t15-,16+,17+,18+,19+,20?,21-,22-,24-,25+/m1/s1. The minimum Gasteiger partial charge on any atom is -0.467 e. The predicted molar refractivity (Wildman–Crippen MR) is 134 cm³/mol. The number of hydrogen-bond donors (Lipinski definition) is 1. The van der Waals surface area contributed by atoms with Gasteiger partial charge in [0.05, 0.1) is 13.7 Å². The van der Waals surface area contributed by atoms with Crippen LogP contribution < -0.4 is 5.90 Å². The number of hydrogen-bond acceptors (Lipinski definition) is 19. The van der Waals surface area contributed by atoms with Crippen molar-refractivity contribution in [1.82, 2.24) is 0 Å². The highest BCUT2D eigenvalue weighted by molar-refractivity contribution is 5.77. The summed E-state index contributed by atoms with van der Waals surface area (Å²) in [6.07, 6.45) is -16.0. The zero-order valence-corrected chi connectivity index (χ0v) is 24.9. The topological polar surface area (TPSA) is 247 Å². The minimum absolute atomic E-state index is 0.663. The van der Waals surface area contributed by atoms with Crippen molar-refractivity contribution < 1.29 is 85.8 Å². The van der Waals surface area contributed by atoms with E-state index in [0.717, 1.165) is 48.7 Å². The van der Waals surface area contributed by atoms with Gasteiger partial charge in [0.1, 0.15) is 6.10 Å². The average Bonchev–Trinajstić information content (AvgIpc) is 2.90. The molecule has 0 radical (unpaired) electrons. The van der Waals surface area contributed by atoms with Crippen molar-refractivity contribution in [2.24, 2.45) is 5.90 Å². The van der Waals surface area contributed by atoms with Gasteiger partial charge in [0, 0.05) is 41.5 Å². The van der Waals surface area contributed by atoms with Crippen molar-refractivity contribution in [2.45, 2.75) is 103 Å². The Morgan fingerprint density at radius 3 is 1.36 bits per heavy atom. The molecule has 0 amide bonds. The minimum atomic E-state index is -1.76. The van der Waals surface area contributed by atoms with E-state index in [2.05, 4.69) is 0 Å². The SMILES string of the molecule is COC(=O)C1O[C@@H](OC[C@H]2O[C@@H](ON)[C@H](OC(C)=O)[C@@H](OC(C)=O)[C@H]2OC(C)=O)[C@H](OC(C)=O)[C@@H](OC(C)=O)[C@@H]1OC(C)=O. The molecule has 2 saturated heterocycles. The molecule has 2 fully saturated rings. The molecule has 248 valence electrons. The lowest BCUT2D eigenvalue weighted by molar-refractivity contribution is -0.332. The van der Waals surface area contributed by atoms with Crippen LogP contribution in [0.25, 0.3) is 0 Å². The first-order valence-corrected chi connectivity index (χ1v) is 13.0. The third-order valence-electron chi connectivity index (χ3n) is 5.89. The molecule has 1 unspecified atom stereocenters. The fourth-order valence-electron chi connectivity index (χ4n) is 4.50. The highest BCUT2D eigenvalue weighted by Gasteiger charge is 2.57. The van der Waals surface area contributed by atoms with Gasteiger partial charge < -0.3 is 47.4 Å². The summed E-state index contributed by atoms with van der Waals surface area (Å²) in [6, 6.07) is 0. The molecular weight excluding hydrogens is 602 g/mol. The lowest BCUT2D eigenvalue weighted by Gasteiger charge is -2.45. The van der Waals surface area contributed by atoms with Crippen LogP contribution in [0.1, 0.15) is 41.5 Å². The number of methoxy groups -OCH3 is 1. The maximum atomic E-state index is 12.7. The van der Waals surface area contributed by atoms with E-state index in [1.54, 1.807) is 0 Å². The largest absolute Gasteiger partial charge is 0.467 e. The molecule has 0 aliphatic carbocycles. The monoisotopic (exact) mass is 637 g/mol. The maximum Gasteiger partial charge on any atom is 0.339 e. The van der Waals surface area contributed by atoms with Gasteiger partial charge >= 0.3 is 41.8 Å². The summed E-state index contributed by atoms with van der Waals surface area (Å²) in [7, 11) is 1.01. The zero-order valence-electron chi connectivity index (χ0n) is 24.9.